The van der Waals surface area contributed by atoms with Crippen molar-refractivity contribution in [2.75, 3.05) is 37.4 Å². The molecular weight excluding hydrogens is 373 g/mol. The lowest BCUT2D eigenvalue weighted by Gasteiger charge is -2.14. The first-order valence-electron chi connectivity index (χ1n) is 9.18. The fourth-order valence-corrected chi connectivity index (χ4v) is 2.74. The summed E-state index contributed by atoms with van der Waals surface area (Å²) in [5.74, 6) is 0.772. The maximum atomic E-state index is 13.1. The number of benzene rings is 1. The Morgan fingerprint density at radius 1 is 1.14 bits per heavy atom. The largest absolute Gasteiger partial charge is 0.363 e. The molecule has 0 radical (unpaired) electrons. The van der Waals surface area contributed by atoms with Gasteiger partial charge >= 0.3 is 0 Å². The number of halogens is 1. The zero-order valence-electron chi connectivity index (χ0n) is 16.9. The molecule has 0 fully saturated rings. The van der Waals surface area contributed by atoms with Gasteiger partial charge in [-0.15, -0.1) is 0 Å². The van der Waals surface area contributed by atoms with Crippen molar-refractivity contribution in [3.8, 4) is 11.3 Å². The van der Waals surface area contributed by atoms with Crippen LogP contribution < -0.4 is 15.5 Å². The molecule has 3 aromatic rings. The molecule has 0 aliphatic rings. The number of carbonyl (C=O) groups is 1. The van der Waals surface area contributed by atoms with Gasteiger partial charge < -0.3 is 15.5 Å². The van der Waals surface area contributed by atoms with Crippen molar-refractivity contribution in [1.82, 2.24) is 25.1 Å². The van der Waals surface area contributed by atoms with Crippen LogP contribution in [-0.4, -0.2) is 52.8 Å². The third-order valence-electron chi connectivity index (χ3n) is 4.25. The van der Waals surface area contributed by atoms with E-state index in [4.69, 9.17) is 0 Å². The Hall–Kier alpha value is -3.49. The summed E-state index contributed by atoms with van der Waals surface area (Å²) in [5.41, 5.74) is 2.64. The molecule has 0 atom stereocenters. The first kappa shape index (κ1) is 20.2. The third-order valence-corrected chi connectivity index (χ3v) is 4.25. The maximum absolute atomic E-state index is 13.1. The van der Waals surface area contributed by atoms with E-state index >= 15 is 0 Å². The van der Waals surface area contributed by atoms with Gasteiger partial charge in [-0.25, -0.2) is 9.37 Å². The Morgan fingerprint density at radius 2 is 1.86 bits per heavy atom. The Labute approximate surface area is 168 Å². The Morgan fingerprint density at radius 3 is 2.55 bits per heavy atom. The first-order chi connectivity index (χ1) is 13.8. The summed E-state index contributed by atoms with van der Waals surface area (Å²) >= 11 is 0. The number of carbonyl (C=O) groups excluding carboxylic acids is 1. The average Bonchev–Trinajstić information content (AvgIpc) is 3.07. The van der Waals surface area contributed by atoms with Gasteiger partial charge in [0.05, 0.1) is 5.69 Å². The molecule has 0 spiro atoms. The predicted octanol–water partition coefficient (Wildman–Crippen LogP) is 2.23. The lowest BCUT2D eigenvalue weighted by molar-refractivity contribution is 0.0945. The standard InChI is InChI=1S/C20H24FN7O/c1-13-11-18(27(2)3)25-20(24-13)23-10-9-22-19(29)17-12-16(26-28(17)4)14-5-7-15(21)8-6-14/h5-8,11-12H,9-10H2,1-4H3,(H,22,29)(H,23,24,25). The van der Waals surface area contributed by atoms with Crippen LogP contribution in [0.15, 0.2) is 36.4 Å². The van der Waals surface area contributed by atoms with Crippen molar-refractivity contribution in [2.45, 2.75) is 6.92 Å². The molecule has 29 heavy (non-hydrogen) atoms. The number of nitrogens with zero attached hydrogens (tertiary/aromatic N) is 5. The van der Waals surface area contributed by atoms with Crippen molar-refractivity contribution < 1.29 is 9.18 Å². The lowest BCUT2D eigenvalue weighted by Crippen LogP contribution is -2.30. The Bertz CT molecular complexity index is 999. The van der Waals surface area contributed by atoms with E-state index in [1.54, 1.807) is 25.2 Å². The van der Waals surface area contributed by atoms with E-state index in [9.17, 15) is 9.18 Å². The molecule has 3 rings (SSSR count). The van der Waals surface area contributed by atoms with E-state index in [2.05, 4.69) is 25.7 Å². The van der Waals surface area contributed by atoms with Crippen LogP contribution in [0.2, 0.25) is 0 Å². The van der Waals surface area contributed by atoms with Crippen LogP contribution in [-0.2, 0) is 7.05 Å². The van der Waals surface area contributed by atoms with E-state index in [1.807, 2.05) is 32.0 Å². The molecule has 0 bridgehead atoms. The van der Waals surface area contributed by atoms with Gasteiger partial charge in [0, 0.05) is 51.6 Å². The lowest BCUT2D eigenvalue weighted by atomic mass is 10.1. The number of hydrogen-bond acceptors (Lipinski definition) is 6. The van der Waals surface area contributed by atoms with Gasteiger partial charge in [0.25, 0.3) is 5.91 Å². The van der Waals surface area contributed by atoms with Crippen LogP contribution in [0.5, 0.6) is 0 Å². The highest BCUT2D eigenvalue weighted by Crippen LogP contribution is 2.19. The molecule has 8 nitrogen and oxygen atoms in total. The van der Waals surface area contributed by atoms with Crippen LogP contribution in [0.25, 0.3) is 11.3 Å². The fraction of sp³-hybridized carbons (Fsp3) is 0.300. The van der Waals surface area contributed by atoms with Gasteiger partial charge in [0.2, 0.25) is 5.95 Å². The Balaban J connectivity index is 1.57. The van der Waals surface area contributed by atoms with E-state index in [-0.39, 0.29) is 11.7 Å². The van der Waals surface area contributed by atoms with Gasteiger partial charge in [0.1, 0.15) is 17.3 Å². The second-order valence-corrected chi connectivity index (χ2v) is 6.81. The number of hydrogen-bond donors (Lipinski definition) is 2. The summed E-state index contributed by atoms with van der Waals surface area (Å²) in [6.45, 7) is 2.78. The van der Waals surface area contributed by atoms with Gasteiger partial charge in [-0.2, -0.15) is 10.1 Å². The first-order valence-corrected chi connectivity index (χ1v) is 9.18. The molecule has 2 aromatic heterocycles. The second-order valence-electron chi connectivity index (χ2n) is 6.81. The highest BCUT2D eigenvalue weighted by atomic mass is 19.1. The quantitative estimate of drug-likeness (QED) is 0.595. The Kier molecular flexibility index (Phi) is 6.06. The third kappa shape index (κ3) is 5.07. The van der Waals surface area contributed by atoms with Crippen molar-refractivity contribution in [3.63, 3.8) is 0 Å². The summed E-state index contributed by atoms with van der Waals surface area (Å²) in [7, 11) is 5.53. The topological polar surface area (TPSA) is 88.0 Å². The zero-order chi connectivity index (χ0) is 21.0. The van der Waals surface area contributed by atoms with Gasteiger partial charge in [0.15, 0.2) is 0 Å². The number of nitrogens with one attached hydrogen (secondary N) is 2. The minimum atomic E-state index is -0.314. The maximum Gasteiger partial charge on any atom is 0.269 e. The second kappa shape index (κ2) is 8.68. The van der Waals surface area contributed by atoms with Crippen molar-refractivity contribution in [3.05, 3.63) is 53.6 Å². The molecule has 1 amide bonds. The predicted molar refractivity (Wildman–Crippen MR) is 111 cm³/mol. The minimum absolute atomic E-state index is 0.241. The number of aromatic nitrogens is 4. The average molecular weight is 397 g/mol. The molecule has 0 aliphatic carbocycles. The molecule has 0 aliphatic heterocycles. The van der Waals surface area contributed by atoms with Crippen molar-refractivity contribution >= 4 is 17.7 Å². The SMILES string of the molecule is Cc1cc(N(C)C)nc(NCCNC(=O)c2cc(-c3ccc(F)cc3)nn2C)n1. The molecule has 0 unspecified atom stereocenters. The van der Waals surface area contributed by atoms with E-state index in [0.29, 0.717) is 30.4 Å². The van der Waals surface area contributed by atoms with Crippen LogP contribution >= 0.6 is 0 Å². The van der Waals surface area contributed by atoms with Gasteiger partial charge in [-0.05, 0) is 37.3 Å². The van der Waals surface area contributed by atoms with Crippen LogP contribution in [0, 0.1) is 12.7 Å². The van der Waals surface area contributed by atoms with Gasteiger partial charge in [-0.3, -0.25) is 9.48 Å². The fourth-order valence-electron chi connectivity index (χ4n) is 2.74. The summed E-state index contributed by atoms with van der Waals surface area (Å²) in [4.78, 5) is 23.1. The van der Waals surface area contributed by atoms with E-state index in [1.165, 1.54) is 16.8 Å². The van der Waals surface area contributed by atoms with Crippen LogP contribution in [0.3, 0.4) is 0 Å². The molecule has 2 N–H and O–H groups in total. The highest BCUT2D eigenvalue weighted by Gasteiger charge is 2.14. The summed E-state index contributed by atoms with van der Waals surface area (Å²) in [5, 5.41) is 10.3. The molecule has 0 saturated heterocycles. The monoisotopic (exact) mass is 397 g/mol. The molecule has 152 valence electrons. The molecule has 0 saturated carbocycles. The number of rotatable bonds is 7. The van der Waals surface area contributed by atoms with E-state index in [0.717, 1.165) is 17.1 Å². The molecule has 1 aromatic carbocycles. The molecular formula is C20H24FN7O. The minimum Gasteiger partial charge on any atom is -0.363 e. The summed E-state index contributed by atoms with van der Waals surface area (Å²) < 4.78 is 14.6. The zero-order valence-corrected chi connectivity index (χ0v) is 16.9. The van der Waals surface area contributed by atoms with Crippen LogP contribution in [0.1, 0.15) is 16.2 Å². The normalized spacial score (nSPS) is 10.7. The molecule has 9 heteroatoms. The van der Waals surface area contributed by atoms with Crippen molar-refractivity contribution in [1.29, 1.82) is 0 Å². The number of anilines is 2. The smallest absolute Gasteiger partial charge is 0.269 e. The van der Waals surface area contributed by atoms with Crippen LogP contribution in [0.4, 0.5) is 16.2 Å². The summed E-state index contributed by atoms with van der Waals surface area (Å²) in [6, 6.07) is 9.58. The summed E-state index contributed by atoms with van der Waals surface area (Å²) in [6.07, 6.45) is 0. The van der Waals surface area contributed by atoms with Gasteiger partial charge in [-0.1, -0.05) is 0 Å². The van der Waals surface area contributed by atoms with E-state index < -0.39 is 0 Å². The molecule has 2 heterocycles. The van der Waals surface area contributed by atoms with Crippen molar-refractivity contribution in [2.24, 2.45) is 7.05 Å². The highest BCUT2D eigenvalue weighted by molar-refractivity contribution is 5.93. The number of aryl methyl sites for hydroxylation is 2. The number of amides is 1.